The number of fused-ring (bicyclic) bond motifs is 2. The van der Waals surface area contributed by atoms with Gasteiger partial charge in [0.2, 0.25) is 0 Å². The summed E-state index contributed by atoms with van der Waals surface area (Å²) in [6, 6.07) is 25.1. The molecule has 0 unspecified atom stereocenters. The molecule has 1 fully saturated rings. The zero-order chi connectivity index (χ0) is 23.3. The first-order valence-electron chi connectivity index (χ1n) is 11.9. The highest BCUT2D eigenvalue weighted by atomic mass is 16.5. The lowest BCUT2D eigenvalue weighted by Crippen LogP contribution is -2.31. The van der Waals surface area contributed by atoms with Crippen LogP contribution in [-0.2, 0) is 4.74 Å². The fraction of sp³-hybridized carbons (Fsp3) is 0.194. The zero-order valence-corrected chi connectivity index (χ0v) is 19.5. The molecule has 3 nitrogen and oxygen atoms in total. The van der Waals surface area contributed by atoms with Gasteiger partial charge in [0, 0.05) is 19.6 Å². The van der Waals surface area contributed by atoms with Gasteiger partial charge < -0.3 is 4.74 Å². The molecule has 0 N–H and O–H groups in total. The Balaban J connectivity index is 1.34. The van der Waals surface area contributed by atoms with E-state index < -0.39 is 0 Å². The average Bonchev–Trinajstić information content (AvgIpc) is 3.06. The maximum Gasteiger partial charge on any atom is 0.338 e. The summed E-state index contributed by atoms with van der Waals surface area (Å²) >= 11 is 0. The lowest BCUT2D eigenvalue weighted by Gasteiger charge is -2.29. The average molecular weight is 448 g/mol. The SMILES string of the molecule is COC(=O)c1ccccc1/C=C/CN1CCC(=C2c3ccccc3C=Cc3ccccc32)CC1. The van der Waals surface area contributed by atoms with E-state index in [4.69, 9.17) is 4.74 Å². The number of methoxy groups -OCH3 is 1. The number of piperidine rings is 1. The Bertz CT molecular complexity index is 1240. The van der Waals surface area contributed by atoms with E-state index in [0.29, 0.717) is 5.56 Å². The van der Waals surface area contributed by atoms with E-state index in [9.17, 15) is 4.79 Å². The Hall–Kier alpha value is -3.69. The summed E-state index contributed by atoms with van der Waals surface area (Å²) in [4.78, 5) is 14.5. The number of ether oxygens (including phenoxy) is 1. The van der Waals surface area contributed by atoms with Crippen LogP contribution >= 0.6 is 0 Å². The smallest absolute Gasteiger partial charge is 0.338 e. The van der Waals surface area contributed by atoms with Crippen LogP contribution in [-0.4, -0.2) is 37.6 Å². The molecular weight excluding hydrogens is 418 g/mol. The van der Waals surface area contributed by atoms with Crippen molar-refractivity contribution in [3.63, 3.8) is 0 Å². The van der Waals surface area contributed by atoms with Gasteiger partial charge in [0.15, 0.2) is 0 Å². The van der Waals surface area contributed by atoms with Crippen molar-refractivity contribution in [2.24, 2.45) is 0 Å². The van der Waals surface area contributed by atoms with Gasteiger partial charge in [0.25, 0.3) is 0 Å². The lowest BCUT2D eigenvalue weighted by atomic mass is 9.86. The molecule has 3 aromatic rings. The summed E-state index contributed by atoms with van der Waals surface area (Å²) in [5.74, 6) is -0.298. The third-order valence-electron chi connectivity index (χ3n) is 6.74. The summed E-state index contributed by atoms with van der Waals surface area (Å²) in [6.45, 7) is 2.92. The molecule has 3 heteroatoms. The van der Waals surface area contributed by atoms with Crippen LogP contribution in [0, 0.1) is 0 Å². The van der Waals surface area contributed by atoms with Gasteiger partial charge in [-0.2, -0.15) is 0 Å². The molecule has 3 aromatic carbocycles. The molecule has 5 rings (SSSR count). The van der Waals surface area contributed by atoms with Gasteiger partial charge in [-0.25, -0.2) is 4.79 Å². The summed E-state index contributed by atoms with van der Waals surface area (Å²) in [5, 5.41) is 0. The largest absolute Gasteiger partial charge is 0.465 e. The van der Waals surface area contributed by atoms with E-state index in [1.165, 1.54) is 34.9 Å². The third kappa shape index (κ3) is 4.52. The van der Waals surface area contributed by atoms with Gasteiger partial charge in [-0.3, -0.25) is 4.90 Å². The van der Waals surface area contributed by atoms with Crippen molar-refractivity contribution >= 4 is 29.8 Å². The number of nitrogens with zero attached hydrogens (tertiary/aromatic N) is 1. The number of carbonyl (C=O) groups is 1. The van der Waals surface area contributed by atoms with Gasteiger partial charge in [-0.05, 0) is 52.3 Å². The molecule has 1 heterocycles. The molecule has 0 atom stereocenters. The number of hydrogen-bond donors (Lipinski definition) is 0. The van der Waals surface area contributed by atoms with Gasteiger partial charge in [-0.1, -0.05) is 96.6 Å². The van der Waals surface area contributed by atoms with Crippen molar-refractivity contribution in [3.05, 3.63) is 118 Å². The minimum atomic E-state index is -0.298. The Kier molecular flexibility index (Phi) is 6.55. The third-order valence-corrected chi connectivity index (χ3v) is 6.74. The van der Waals surface area contributed by atoms with E-state index in [1.807, 2.05) is 30.3 Å². The van der Waals surface area contributed by atoms with E-state index >= 15 is 0 Å². The fourth-order valence-corrected chi connectivity index (χ4v) is 4.97. The minimum Gasteiger partial charge on any atom is -0.465 e. The van der Waals surface area contributed by atoms with Gasteiger partial charge in [0.1, 0.15) is 0 Å². The van der Waals surface area contributed by atoms with Crippen LogP contribution in [0.1, 0.15) is 51.0 Å². The monoisotopic (exact) mass is 447 g/mol. The number of rotatable bonds is 4. The van der Waals surface area contributed by atoms with E-state index in [2.05, 4.69) is 71.7 Å². The van der Waals surface area contributed by atoms with Crippen LogP contribution in [0.15, 0.2) is 84.4 Å². The molecule has 1 saturated heterocycles. The topological polar surface area (TPSA) is 29.5 Å². The molecule has 0 radical (unpaired) electrons. The first-order chi connectivity index (χ1) is 16.7. The van der Waals surface area contributed by atoms with Crippen LogP contribution in [0.5, 0.6) is 0 Å². The van der Waals surface area contributed by atoms with E-state index in [0.717, 1.165) is 38.0 Å². The maximum absolute atomic E-state index is 12.0. The molecule has 0 bridgehead atoms. The number of benzene rings is 3. The van der Waals surface area contributed by atoms with Gasteiger partial charge in [0.05, 0.1) is 12.7 Å². The summed E-state index contributed by atoms with van der Waals surface area (Å²) in [5.41, 5.74) is 9.71. The van der Waals surface area contributed by atoms with Crippen molar-refractivity contribution in [1.29, 1.82) is 0 Å². The van der Waals surface area contributed by atoms with Crippen LogP contribution < -0.4 is 0 Å². The Labute approximate surface area is 201 Å². The molecular formula is C31H29NO2. The molecule has 0 aromatic heterocycles. The van der Waals surface area contributed by atoms with E-state index in [-0.39, 0.29) is 5.97 Å². The lowest BCUT2D eigenvalue weighted by molar-refractivity contribution is 0.0600. The maximum atomic E-state index is 12.0. The van der Waals surface area contributed by atoms with Crippen molar-refractivity contribution in [2.45, 2.75) is 12.8 Å². The standard InChI is InChI=1S/C31H29NO2/c1-34-31(33)29-15-7-4-9-23(29)12-8-20-32-21-18-26(19-22-32)30-27-13-5-2-10-24(27)16-17-25-11-3-6-14-28(25)30/h2-17H,18-22H2,1H3/b12-8+. The molecule has 0 amide bonds. The first-order valence-corrected chi connectivity index (χ1v) is 11.9. The quantitative estimate of drug-likeness (QED) is 0.332. The molecule has 1 aliphatic heterocycles. The van der Waals surface area contributed by atoms with Crippen molar-refractivity contribution in [2.75, 3.05) is 26.7 Å². The highest BCUT2D eigenvalue weighted by molar-refractivity contribution is 5.95. The normalized spacial score (nSPS) is 15.7. The van der Waals surface area contributed by atoms with Crippen molar-refractivity contribution < 1.29 is 9.53 Å². The summed E-state index contributed by atoms with van der Waals surface area (Å²) in [6.07, 6.45) is 10.8. The zero-order valence-electron chi connectivity index (χ0n) is 19.5. The number of hydrogen-bond acceptors (Lipinski definition) is 3. The minimum absolute atomic E-state index is 0.298. The van der Waals surface area contributed by atoms with Crippen molar-refractivity contribution in [1.82, 2.24) is 4.90 Å². The Morgan fingerprint density at radius 2 is 1.44 bits per heavy atom. The molecule has 0 saturated carbocycles. The van der Waals surface area contributed by atoms with Crippen LogP contribution in [0.4, 0.5) is 0 Å². The number of esters is 1. The predicted molar refractivity (Wildman–Crippen MR) is 140 cm³/mol. The van der Waals surface area contributed by atoms with Crippen LogP contribution in [0.3, 0.4) is 0 Å². The predicted octanol–water partition coefficient (Wildman–Crippen LogP) is 6.57. The first kappa shape index (κ1) is 22.1. The Morgan fingerprint density at radius 1 is 0.853 bits per heavy atom. The second-order valence-corrected chi connectivity index (χ2v) is 8.77. The summed E-state index contributed by atoms with van der Waals surface area (Å²) < 4.78 is 4.91. The molecule has 170 valence electrons. The molecule has 2 aliphatic rings. The molecule has 1 aliphatic carbocycles. The van der Waals surface area contributed by atoms with E-state index in [1.54, 1.807) is 5.57 Å². The second-order valence-electron chi connectivity index (χ2n) is 8.77. The molecule has 0 spiro atoms. The highest BCUT2D eigenvalue weighted by Gasteiger charge is 2.22. The fourth-order valence-electron chi connectivity index (χ4n) is 4.97. The summed E-state index contributed by atoms with van der Waals surface area (Å²) in [7, 11) is 1.42. The molecule has 34 heavy (non-hydrogen) atoms. The highest BCUT2D eigenvalue weighted by Crippen LogP contribution is 2.38. The van der Waals surface area contributed by atoms with Crippen LogP contribution in [0.25, 0.3) is 23.8 Å². The number of carbonyl (C=O) groups excluding carboxylic acids is 1. The van der Waals surface area contributed by atoms with Gasteiger partial charge in [-0.15, -0.1) is 0 Å². The van der Waals surface area contributed by atoms with Crippen molar-refractivity contribution in [3.8, 4) is 0 Å². The Morgan fingerprint density at radius 3 is 2.09 bits per heavy atom. The second kappa shape index (κ2) is 10.1. The number of likely N-dealkylation sites (tertiary alicyclic amines) is 1. The van der Waals surface area contributed by atoms with Crippen LogP contribution in [0.2, 0.25) is 0 Å². The van der Waals surface area contributed by atoms with Gasteiger partial charge >= 0.3 is 5.97 Å².